The molecule has 7 heteroatoms. The number of aliphatic hydroxyl groups excluding tert-OH is 1. The lowest BCUT2D eigenvalue weighted by Gasteiger charge is -2.70. The number of likely N-dealkylation sites (tertiary alicyclic amines) is 2. The van der Waals surface area contributed by atoms with Crippen molar-refractivity contribution < 1.29 is 24.2 Å². The van der Waals surface area contributed by atoms with Gasteiger partial charge in [0.15, 0.2) is 0 Å². The summed E-state index contributed by atoms with van der Waals surface area (Å²) in [4.78, 5) is 28.5. The van der Waals surface area contributed by atoms with Crippen LogP contribution in [0.4, 0.5) is 0 Å². The van der Waals surface area contributed by atoms with Crippen molar-refractivity contribution >= 4 is 11.8 Å². The molecule has 7 nitrogen and oxygen atoms in total. The van der Waals surface area contributed by atoms with Crippen molar-refractivity contribution in [2.24, 2.45) is 0 Å². The summed E-state index contributed by atoms with van der Waals surface area (Å²) in [6, 6.07) is 18.0. The zero-order valence-corrected chi connectivity index (χ0v) is 17.9. The van der Waals surface area contributed by atoms with Crippen molar-refractivity contribution in [3.05, 3.63) is 60.2 Å². The smallest absolute Gasteiger partial charge is 0.249 e. The number of amides is 2. The largest absolute Gasteiger partial charge is 0.394 e. The van der Waals surface area contributed by atoms with E-state index in [4.69, 9.17) is 9.47 Å². The lowest BCUT2D eigenvalue weighted by atomic mass is 9.60. The molecule has 0 saturated carbocycles. The number of methoxy groups -OCH3 is 2. The minimum absolute atomic E-state index is 0.0158. The Morgan fingerprint density at radius 1 is 0.935 bits per heavy atom. The third kappa shape index (κ3) is 3.63. The molecule has 2 aromatic carbocycles. The van der Waals surface area contributed by atoms with Crippen LogP contribution in [-0.4, -0.2) is 85.4 Å². The maximum Gasteiger partial charge on any atom is 0.249 e. The maximum atomic E-state index is 12.8. The van der Waals surface area contributed by atoms with Gasteiger partial charge in [-0.15, -0.1) is 0 Å². The highest BCUT2D eigenvalue weighted by molar-refractivity contribution is 5.84. The maximum absolute atomic E-state index is 12.8. The van der Waals surface area contributed by atoms with Gasteiger partial charge in [-0.1, -0.05) is 54.6 Å². The average molecular weight is 424 g/mol. The Labute approximate surface area is 182 Å². The van der Waals surface area contributed by atoms with E-state index in [9.17, 15) is 14.7 Å². The number of aliphatic hydroxyl groups is 1. The van der Waals surface area contributed by atoms with E-state index in [0.717, 1.165) is 16.7 Å². The van der Waals surface area contributed by atoms with E-state index in [2.05, 4.69) is 36.4 Å². The monoisotopic (exact) mass is 424 g/mol. The molecule has 2 amide bonds. The van der Waals surface area contributed by atoms with Crippen LogP contribution in [0.2, 0.25) is 0 Å². The normalized spacial score (nSPS) is 21.5. The fourth-order valence-corrected chi connectivity index (χ4v) is 5.12. The van der Waals surface area contributed by atoms with Gasteiger partial charge in [-0.25, -0.2) is 0 Å². The number of nitrogens with zero attached hydrogens (tertiary/aromatic N) is 2. The molecule has 1 spiro atoms. The molecule has 2 heterocycles. The van der Waals surface area contributed by atoms with Crippen LogP contribution in [0.15, 0.2) is 54.6 Å². The van der Waals surface area contributed by atoms with Crippen molar-refractivity contribution in [2.75, 3.05) is 47.1 Å². The molecule has 0 aliphatic carbocycles. The van der Waals surface area contributed by atoms with Crippen molar-refractivity contribution in [3.8, 4) is 11.1 Å². The molecule has 2 aliphatic heterocycles. The number of hydrogen-bond acceptors (Lipinski definition) is 5. The van der Waals surface area contributed by atoms with Crippen LogP contribution in [0, 0.1) is 0 Å². The van der Waals surface area contributed by atoms with Gasteiger partial charge < -0.3 is 24.4 Å². The summed E-state index contributed by atoms with van der Waals surface area (Å²) in [6.07, 6.45) is 0. The Kier molecular flexibility index (Phi) is 6.09. The summed E-state index contributed by atoms with van der Waals surface area (Å²) in [5.41, 5.74) is 2.77. The van der Waals surface area contributed by atoms with Gasteiger partial charge >= 0.3 is 0 Å². The molecule has 0 aromatic heterocycles. The quantitative estimate of drug-likeness (QED) is 0.729. The number of rotatable bonds is 7. The second-order valence-corrected chi connectivity index (χ2v) is 8.20. The molecule has 1 N–H and O–H groups in total. The van der Waals surface area contributed by atoms with E-state index in [1.807, 2.05) is 18.2 Å². The van der Waals surface area contributed by atoms with E-state index in [1.54, 1.807) is 9.80 Å². The molecular formula is C24H28N2O5. The van der Waals surface area contributed by atoms with Crippen LogP contribution < -0.4 is 0 Å². The van der Waals surface area contributed by atoms with Crippen LogP contribution in [0.3, 0.4) is 0 Å². The summed E-state index contributed by atoms with van der Waals surface area (Å²) in [5, 5.41) is 10.1. The number of carbonyl (C=O) groups is 2. The fourth-order valence-electron chi connectivity index (χ4n) is 5.12. The molecule has 2 atom stereocenters. The molecule has 0 radical (unpaired) electrons. The highest BCUT2D eigenvalue weighted by atomic mass is 16.5. The van der Waals surface area contributed by atoms with Crippen LogP contribution in [0.25, 0.3) is 11.1 Å². The zero-order valence-electron chi connectivity index (χ0n) is 17.9. The summed E-state index contributed by atoms with van der Waals surface area (Å²) >= 11 is 0. The molecule has 0 unspecified atom stereocenters. The highest BCUT2D eigenvalue weighted by Gasteiger charge is 2.67. The Bertz CT molecular complexity index is 925. The summed E-state index contributed by atoms with van der Waals surface area (Å²) in [6.45, 7) is 0.665. The molecule has 164 valence electrons. The van der Waals surface area contributed by atoms with Gasteiger partial charge in [0.2, 0.25) is 11.8 Å². The number of carbonyl (C=O) groups excluding carboxylic acids is 2. The first kappa shape index (κ1) is 21.5. The number of benzene rings is 2. The van der Waals surface area contributed by atoms with E-state index in [0.29, 0.717) is 13.1 Å². The van der Waals surface area contributed by atoms with Crippen molar-refractivity contribution in [2.45, 2.75) is 17.5 Å². The van der Waals surface area contributed by atoms with Crippen LogP contribution in [-0.2, 0) is 19.1 Å². The number of hydrogen-bond donors (Lipinski definition) is 1. The molecule has 2 aliphatic rings. The van der Waals surface area contributed by atoms with Gasteiger partial charge in [0, 0.05) is 33.2 Å². The predicted molar refractivity (Wildman–Crippen MR) is 115 cm³/mol. The number of ether oxygens (including phenoxy) is 2. The van der Waals surface area contributed by atoms with Gasteiger partial charge in [-0.2, -0.15) is 0 Å². The Morgan fingerprint density at radius 3 is 2.10 bits per heavy atom. The van der Waals surface area contributed by atoms with Gasteiger partial charge in [-0.05, 0) is 16.7 Å². The SMILES string of the molecule is COCC(=O)N1CC2(C1)[C@@H](c1ccc(-c3ccccc3)cc1)[C@H](CO)N2C(=O)COC. The molecular weight excluding hydrogens is 396 g/mol. The Hall–Kier alpha value is -2.74. The first-order chi connectivity index (χ1) is 15.1. The second kappa shape index (κ2) is 8.78. The minimum Gasteiger partial charge on any atom is -0.394 e. The summed E-state index contributed by atoms with van der Waals surface area (Å²) < 4.78 is 10.0. The van der Waals surface area contributed by atoms with Gasteiger partial charge in [-0.3, -0.25) is 9.59 Å². The van der Waals surface area contributed by atoms with Crippen molar-refractivity contribution in [1.82, 2.24) is 9.80 Å². The lowest BCUT2D eigenvalue weighted by Crippen LogP contribution is -2.86. The van der Waals surface area contributed by atoms with Crippen LogP contribution in [0.5, 0.6) is 0 Å². The van der Waals surface area contributed by atoms with Crippen molar-refractivity contribution in [1.29, 1.82) is 0 Å². The van der Waals surface area contributed by atoms with Gasteiger partial charge in [0.1, 0.15) is 13.2 Å². The molecule has 2 saturated heterocycles. The van der Waals surface area contributed by atoms with E-state index in [1.165, 1.54) is 14.2 Å². The predicted octanol–water partition coefficient (Wildman–Crippen LogP) is 1.51. The van der Waals surface area contributed by atoms with Gasteiger partial charge in [0.05, 0.1) is 18.2 Å². The third-order valence-corrected chi connectivity index (χ3v) is 6.43. The lowest BCUT2D eigenvalue weighted by molar-refractivity contribution is -0.206. The molecule has 2 aromatic rings. The zero-order chi connectivity index (χ0) is 22.0. The standard InChI is InChI=1S/C24H28N2O5/c1-30-13-21(28)25-15-24(16-25)23(20(12-27)26(24)22(29)14-31-2)19-10-8-18(9-11-19)17-6-4-3-5-7-17/h3-11,20,23,27H,12-16H2,1-2H3/t20-,23-/m0/s1. The van der Waals surface area contributed by atoms with E-state index >= 15 is 0 Å². The van der Waals surface area contributed by atoms with Crippen LogP contribution in [0.1, 0.15) is 11.5 Å². The van der Waals surface area contributed by atoms with Gasteiger partial charge in [0.25, 0.3) is 0 Å². The fraction of sp³-hybridized carbons (Fsp3) is 0.417. The van der Waals surface area contributed by atoms with E-state index in [-0.39, 0.29) is 43.6 Å². The molecule has 4 rings (SSSR count). The first-order valence-electron chi connectivity index (χ1n) is 10.4. The molecule has 0 bridgehead atoms. The topological polar surface area (TPSA) is 79.3 Å². The molecule has 2 fully saturated rings. The van der Waals surface area contributed by atoms with Crippen LogP contribution >= 0.6 is 0 Å². The Balaban J connectivity index is 1.62. The average Bonchev–Trinajstić information content (AvgIpc) is 2.74. The Morgan fingerprint density at radius 2 is 1.52 bits per heavy atom. The second-order valence-electron chi connectivity index (χ2n) is 8.20. The highest BCUT2D eigenvalue weighted by Crippen LogP contribution is 2.54. The molecule has 31 heavy (non-hydrogen) atoms. The first-order valence-corrected chi connectivity index (χ1v) is 10.4. The minimum atomic E-state index is -0.527. The third-order valence-electron chi connectivity index (χ3n) is 6.43. The van der Waals surface area contributed by atoms with E-state index < -0.39 is 5.54 Å². The van der Waals surface area contributed by atoms with Crippen molar-refractivity contribution in [3.63, 3.8) is 0 Å². The summed E-state index contributed by atoms with van der Waals surface area (Å²) in [5.74, 6) is -0.329. The summed E-state index contributed by atoms with van der Waals surface area (Å²) in [7, 11) is 2.97.